The summed E-state index contributed by atoms with van der Waals surface area (Å²) in [7, 11) is 1.65. The average Bonchev–Trinajstić information content (AvgIpc) is 3.24. The largest absolute Gasteiger partial charge is 0.497 e. The summed E-state index contributed by atoms with van der Waals surface area (Å²) in [6.07, 6.45) is 4.04. The Balaban J connectivity index is 1.82. The van der Waals surface area contributed by atoms with Gasteiger partial charge >= 0.3 is 0 Å². The Labute approximate surface area is 134 Å². The zero-order valence-corrected chi connectivity index (χ0v) is 13.0. The highest BCUT2D eigenvalue weighted by Crippen LogP contribution is 2.29. The van der Waals surface area contributed by atoms with Crippen LogP contribution in [0, 0.1) is 6.92 Å². The molecule has 0 radical (unpaired) electrons. The minimum atomic E-state index is 0.621. The lowest BCUT2D eigenvalue weighted by Gasteiger charge is -2.03. The van der Waals surface area contributed by atoms with Crippen LogP contribution >= 0.6 is 0 Å². The molecule has 114 valence electrons. The molecule has 0 aliphatic carbocycles. The van der Waals surface area contributed by atoms with Gasteiger partial charge in [-0.1, -0.05) is 0 Å². The Morgan fingerprint density at radius 1 is 1.04 bits per heavy atom. The van der Waals surface area contributed by atoms with Crippen LogP contribution in [0.1, 0.15) is 5.56 Å². The molecule has 0 saturated carbocycles. The molecule has 2 heterocycles. The molecule has 2 aromatic heterocycles. The third-order valence-corrected chi connectivity index (χ3v) is 3.90. The molecule has 23 heavy (non-hydrogen) atoms. The molecule has 4 heteroatoms. The normalized spacial score (nSPS) is 11.0. The van der Waals surface area contributed by atoms with Crippen LogP contribution in [-0.4, -0.2) is 16.7 Å². The lowest BCUT2D eigenvalue weighted by atomic mass is 10.2. The number of rotatable bonds is 3. The maximum atomic E-state index is 5.97. The average molecular weight is 304 g/mol. The third-order valence-electron chi connectivity index (χ3n) is 3.90. The van der Waals surface area contributed by atoms with Crippen molar-refractivity contribution in [2.24, 2.45) is 0 Å². The SMILES string of the molecule is COc1ccc(-c2nc3cc(-n4cccc4)cc(C)c3o2)cc1. The molecule has 0 unspecified atom stereocenters. The minimum absolute atomic E-state index is 0.621. The lowest BCUT2D eigenvalue weighted by Crippen LogP contribution is -1.90. The van der Waals surface area contributed by atoms with Crippen LogP contribution in [0.5, 0.6) is 5.75 Å². The first kappa shape index (κ1) is 13.6. The topological polar surface area (TPSA) is 40.2 Å². The summed E-state index contributed by atoms with van der Waals surface area (Å²) < 4.78 is 13.2. The van der Waals surface area contributed by atoms with Gasteiger partial charge in [0.15, 0.2) is 5.58 Å². The fourth-order valence-corrected chi connectivity index (χ4v) is 2.69. The van der Waals surface area contributed by atoms with Crippen LogP contribution in [0.15, 0.2) is 65.3 Å². The highest BCUT2D eigenvalue weighted by atomic mass is 16.5. The van der Waals surface area contributed by atoms with Crippen molar-refractivity contribution in [1.29, 1.82) is 0 Å². The van der Waals surface area contributed by atoms with Gasteiger partial charge in [-0.3, -0.25) is 0 Å². The third kappa shape index (κ3) is 2.38. The van der Waals surface area contributed by atoms with Gasteiger partial charge in [0.1, 0.15) is 11.3 Å². The number of oxazole rings is 1. The van der Waals surface area contributed by atoms with Gasteiger partial charge in [-0.2, -0.15) is 0 Å². The Morgan fingerprint density at radius 2 is 1.78 bits per heavy atom. The highest BCUT2D eigenvalue weighted by Gasteiger charge is 2.12. The smallest absolute Gasteiger partial charge is 0.227 e. The first-order valence-electron chi connectivity index (χ1n) is 7.43. The number of nitrogens with zero attached hydrogens (tertiary/aromatic N) is 2. The van der Waals surface area contributed by atoms with E-state index in [1.807, 2.05) is 61.8 Å². The number of methoxy groups -OCH3 is 1. The summed E-state index contributed by atoms with van der Waals surface area (Å²) in [5.74, 6) is 1.44. The molecule has 0 saturated heterocycles. The summed E-state index contributed by atoms with van der Waals surface area (Å²) in [4.78, 5) is 4.65. The fraction of sp³-hybridized carbons (Fsp3) is 0.105. The van der Waals surface area contributed by atoms with E-state index in [0.717, 1.165) is 33.7 Å². The quantitative estimate of drug-likeness (QED) is 0.555. The molecular formula is C19H16N2O2. The number of hydrogen-bond acceptors (Lipinski definition) is 3. The maximum absolute atomic E-state index is 5.97. The maximum Gasteiger partial charge on any atom is 0.227 e. The van der Waals surface area contributed by atoms with E-state index in [1.54, 1.807) is 7.11 Å². The van der Waals surface area contributed by atoms with E-state index in [0.29, 0.717) is 5.89 Å². The second kappa shape index (κ2) is 5.32. The van der Waals surface area contributed by atoms with Crippen molar-refractivity contribution >= 4 is 11.1 Å². The van der Waals surface area contributed by atoms with E-state index in [2.05, 4.69) is 15.6 Å². The molecule has 2 aromatic carbocycles. The van der Waals surface area contributed by atoms with E-state index >= 15 is 0 Å². The Hall–Kier alpha value is -3.01. The summed E-state index contributed by atoms with van der Waals surface area (Å²) in [6, 6.07) is 15.9. The second-order valence-electron chi connectivity index (χ2n) is 5.45. The molecule has 0 bridgehead atoms. The van der Waals surface area contributed by atoms with Crippen LogP contribution in [0.3, 0.4) is 0 Å². The van der Waals surface area contributed by atoms with Crippen molar-refractivity contribution in [2.45, 2.75) is 6.92 Å². The van der Waals surface area contributed by atoms with Crippen molar-refractivity contribution in [3.8, 4) is 22.9 Å². The van der Waals surface area contributed by atoms with Crippen LogP contribution in [0.2, 0.25) is 0 Å². The molecule has 0 aliphatic heterocycles. The van der Waals surface area contributed by atoms with Gasteiger partial charge in [-0.15, -0.1) is 0 Å². The monoisotopic (exact) mass is 304 g/mol. The van der Waals surface area contributed by atoms with E-state index in [1.165, 1.54) is 0 Å². The van der Waals surface area contributed by atoms with Crippen molar-refractivity contribution in [3.05, 3.63) is 66.5 Å². The number of benzene rings is 2. The summed E-state index contributed by atoms with van der Waals surface area (Å²) in [5, 5.41) is 0. The van der Waals surface area contributed by atoms with Gasteiger partial charge in [-0.25, -0.2) is 4.98 Å². The number of hydrogen-bond donors (Lipinski definition) is 0. The Kier molecular flexibility index (Phi) is 3.15. The fourth-order valence-electron chi connectivity index (χ4n) is 2.69. The molecule has 0 spiro atoms. The van der Waals surface area contributed by atoms with Crippen LogP contribution < -0.4 is 4.74 Å². The van der Waals surface area contributed by atoms with E-state index in [9.17, 15) is 0 Å². The van der Waals surface area contributed by atoms with E-state index in [4.69, 9.17) is 9.15 Å². The zero-order chi connectivity index (χ0) is 15.8. The number of ether oxygens (including phenoxy) is 1. The van der Waals surface area contributed by atoms with Gasteiger partial charge in [-0.05, 0) is 61.0 Å². The van der Waals surface area contributed by atoms with Gasteiger partial charge in [0.25, 0.3) is 0 Å². The Morgan fingerprint density at radius 3 is 2.48 bits per heavy atom. The van der Waals surface area contributed by atoms with E-state index < -0.39 is 0 Å². The van der Waals surface area contributed by atoms with Crippen LogP contribution in [0.4, 0.5) is 0 Å². The number of fused-ring (bicyclic) bond motifs is 1. The summed E-state index contributed by atoms with van der Waals surface area (Å²) >= 11 is 0. The standard InChI is InChI=1S/C19H16N2O2/c1-13-11-15(21-9-3-4-10-21)12-17-18(13)23-19(20-17)14-5-7-16(22-2)8-6-14/h3-12H,1-2H3. The predicted octanol–water partition coefficient (Wildman–Crippen LogP) is 4.60. The molecule has 4 nitrogen and oxygen atoms in total. The van der Waals surface area contributed by atoms with Crippen molar-refractivity contribution < 1.29 is 9.15 Å². The van der Waals surface area contributed by atoms with Gasteiger partial charge in [0.05, 0.1) is 7.11 Å². The zero-order valence-electron chi connectivity index (χ0n) is 13.0. The molecule has 4 aromatic rings. The Bertz CT molecular complexity index is 951. The minimum Gasteiger partial charge on any atom is -0.497 e. The van der Waals surface area contributed by atoms with Crippen molar-refractivity contribution in [2.75, 3.05) is 7.11 Å². The molecule has 0 amide bonds. The number of aromatic nitrogens is 2. The first-order valence-corrected chi connectivity index (χ1v) is 7.43. The lowest BCUT2D eigenvalue weighted by molar-refractivity contribution is 0.415. The molecule has 0 atom stereocenters. The van der Waals surface area contributed by atoms with Crippen molar-refractivity contribution in [1.82, 2.24) is 9.55 Å². The predicted molar refractivity (Wildman–Crippen MR) is 90.1 cm³/mol. The summed E-state index contributed by atoms with van der Waals surface area (Å²) in [6.45, 7) is 2.04. The molecular weight excluding hydrogens is 288 g/mol. The van der Waals surface area contributed by atoms with Crippen LogP contribution in [0.25, 0.3) is 28.2 Å². The first-order chi connectivity index (χ1) is 11.2. The molecule has 0 aliphatic rings. The van der Waals surface area contributed by atoms with Crippen LogP contribution in [-0.2, 0) is 0 Å². The van der Waals surface area contributed by atoms with E-state index in [-0.39, 0.29) is 0 Å². The summed E-state index contributed by atoms with van der Waals surface area (Å²) in [5.41, 5.74) is 4.77. The molecule has 4 rings (SSSR count). The van der Waals surface area contributed by atoms with Gasteiger partial charge in [0.2, 0.25) is 5.89 Å². The van der Waals surface area contributed by atoms with Gasteiger partial charge in [0, 0.05) is 23.6 Å². The number of aryl methyl sites for hydroxylation is 1. The van der Waals surface area contributed by atoms with Gasteiger partial charge < -0.3 is 13.7 Å². The molecule has 0 fully saturated rings. The van der Waals surface area contributed by atoms with Crippen molar-refractivity contribution in [3.63, 3.8) is 0 Å². The second-order valence-corrected chi connectivity index (χ2v) is 5.45. The highest BCUT2D eigenvalue weighted by molar-refractivity contribution is 5.81. The molecule has 0 N–H and O–H groups in total.